The zero-order valence-electron chi connectivity index (χ0n) is 14.2. The molecule has 0 amide bonds. The third-order valence-corrected chi connectivity index (χ3v) is 3.71. The Morgan fingerprint density at radius 1 is 1.10 bits per heavy atom. The fourth-order valence-electron chi connectivity index (χ4n) is 2.37. The Bertz CT molecular complexity index is 360. The summed E-state index contributed by atoms with van der Waals surface area (Å²) in [5.74, 6) is 0. The van der Waals surface area contributed by atoms with Crippen molar-refractivity contribution in [2.24, 2.45) is 0 Å². The van der Waals surface area contributed by atoms with Gasteiger partial charge in [-0.05, 0) is 39.3 Å². The molecule has 0 aromatic heterocycles. The average Bonchev–Trinajstić information content (AvgIpc) is 2.50. The van der Waals surface area contributed by atoms with Crippen LogP contribution in [0.5, 0.6) is 0 Å². The summed E-state index contributed by atoms with van der Waals surface area (Å²) in [5.41, 5.74) is 1.52. The van der Waals surface area contributed by atoms with E-state index >= 15 is 0 Å². The van der Waals surface area contributed by atoms with E-state index in [1.165, 1.54) is 24.8 Å². The largest absolute Gasteiger partial charge is 0.300 e. The van der Waals surface area contributed by atoms with E-state index in [2.05, 4.69) is 57.2 Å². The minimum Gasteiger partial charge on any atom is -0.300 e. The third kappa shape index (κ3) is 9.25. The minimum atomic E-state index is 0.521. The molecule has 1 unspecified atom stereocenters. The lowest BCUT2D eigenvalue weighted by molar-refractivity contribution is 0.269. The quantitative estimate of drug-likeness (QED) is 0.417. The van der Waals surface area contributed by atoms with Crippen molar-refractivity contribution in [2.45, 2.75) is 52.0 Å². The fraction of sp³-hybridized carbons (Fsp3) is 0.500. The highest BCUT2D eigenvalue weighted by molar-refractivity contribution is 5.17. The van der Waals surface area contributed by atoms with Crippen LogP contribution in [0, 0.1) is 0 Å². The maximum absolute atomic E-state index is 3.88. The van der Waals surface area contributed by atoms with E-state index in [4.69, 9.17) is 0 Å². The fourth-order valence-corrected chi connectivity index (χ4v) is 2.37. The summed E-state index contributed by atoms with van der Waals surface area (Å²) < 4.78 is 0. The lowest BCUT2D eigenvalue weighted by atomic mass is 9.95. The van der Waals surface area contributed by atoms with Gasteiger partial charge in [0.05, 0.1) is 0 Å². The maximum Gasteiger partial charge on any atom is 0.0310 e. The summed E-state index contributed by atoms with van der Waals surface area (Å²) >= 11 is 0. The first-order valence-corrected chi connectivity index (χ1v) is 8.17. The van der Waals surface area contributed by atoms with Gasteiger partial charge in [0.15, 0.2) is 0 Å². The van der Waals surface area contributed by atoms with E-state index < -0.39 is 0 Å². The molecule has 21 heavy (non-hydrogen) atoms. The molecule has 0 aliphatic carbocycles. The van der Waals surface area contributed by atoms with Gasteiger partial charge in [0.2, 0.25) is 0 Å². The summed E-state index contributed by atoms with van der Waals surface area (Å²) in [4.78, 5) is 2.44. The van der Waals surface area contributed by atoms with Crippen molar-refractivity contribution in [3.05, 3.63) is 61.3 Å². The van der Waals surface area contributed by atoms with Crippen LogP contribution >= 0.6 is 0 Å². The van der Waals surface area contributed by atoms with Crippen LogP contribution in [0.3, 0.4) is 0 Å². The number of hydrogen-bond acceptors (Lipinski definition) is 1. The van der Waals surface area contributed by atoms with Gasteiger partial charge in [0.25, 0.3) is 0 Å². The second kappa shape index (κ2) is 13.6. The van der Waals surface area contributed by atoms with Gasteiger partial charge in [-0.15, -0.1) is 0 Å². The summed E-state index contributed by atoms with van der Waals surface area (Å²) in [6.45, 7) is 13.1. The normalized spacial score (nSPS) is 14.2. The zero-order chi connectivity index (χ0) is 15.9. The minimum absolute atomic E-state index is 0.521. The van der Waals surface area contributed by atoms with Crippen molar-refractivity contribution in [1.82, 2.24) is 4.90 Å². The van der Waals surface area contributed by atoms with E-state index in [9.17, 15) is 0 Å². The lowest BCUT2D eigenvalue weighted by Gasteiger charge is -2.29. The Labute approximate surface area is 132 Å². The molecule has 0 saturated carbocycles. The molecule has 1 nitrogen and oxygen atoms in total. The molecule has 0 aromatic rings. The molecular formula is C20H33N. The summed E-state index contributed by atoms with van der Waals surface area (Å²) in [7, 11) is 2.22. The van der Waals surface area contributed by atoms with Crippen molar-refractivity contribution >= 4 is 0 Å². The molecule has 1 atom stereocenters. The van der Waals surface area contributed by atoms with Crippen LogP contribution in [-0.4, -0.2) is 24.5 Å². The number of rotatable bonds is 12. The highest BCUT2D eigenvalue weighted by atomic mass is 15.1. The smallest absolute Gasteiger partial charge is 0.0310 e. The van der Waals surface area contributed by atoms with Gasteiger partial charge in [-0.25, -0.2) is 0 Å². The summed E-state index contributed by atoms with van der Waals surface area (Å²) in [5, 5.41) is 0. The average molecular weight is 287 g/mol. The number of likely N-dealkylation sites (N-methyl/N-ethyl adjacent to an activating group) is 1. The van der Waals surface area contributed by atoms with E-state index in [0.717, 1.165) is 19.4 Å². The van der Waals surface area contributed by atoms with Gasteiger partial charge in [-0.3, -0.25) is 4.90 Å². The maximum atomic E-state index is 3.88. The standard InChI is InChI=1S/C20H33N/c1-6-10-12-13-14-15-18-20(21(5)9-4)19(16-8-3)17-11-7-2/h6,8,10,12-14,16,20H,1,3,7,9,11,15,17-18H2,2,4-5H3/b12-10-,14-13-,19-16-. The van der Waals surface area contributed by atoms with Crippen LogP contribution in [-0.2, 0) is 0 Å². The van der Waals surface area contributed by atoms with Gasteiger partial charge < -0.3 is 0 Å². The predicted molar refractivity (Wildman–Crippen MR) is 97.6 cm³/mol. The number of hydrogen-bond donors (Lipinski definition) is 0. The molecule has 0 heterocycles. The van der Waals surface area contributed by atoms with E-state index in [1.807, 2.05) is 18.2 Å². The molecule has 0 fully saturated rings. The van der Waals surface area contributed by atoms with Gasteiger partial charge in [0, 0.05) is 6.04 Å². The lowest BCUT2D eigenvalue weighted by Crippen LogP contribution is -2.33. The third-order valence-electron chi connectivity index (χ3n) is 3.71. The van der Waals surface area contributed by atoms with Crippen LogP contribution in [0.25, 0.3) is 0 Å². The molecule has 118 valence electrons. The van der Waals surface area contributed by atoms with E-state index in [0.29, 0.717) is 6.04 Å². The molecule has 0 saturated heterocycles. The Morgan fingerprint density at radius 3 is 2.43 bits per heavy atom. The molecule has 0 aromatic carbocycles. The number of nitrogens with zero attached hydrogens (tertiary/aromatic N) is 1. The molecule has 1 heteroatoms. The van der Waals surface area contributed by atoms with Gasteiger partial charge in [-0.2, -0.15) is 0 Å². The van der Waals surface area contributed by atoms with Crippen LogP contribution in [0.4, 0.5) is 0 Å². The Hall–Kier alpha value is -1.34. The second-order valence-electron chi connectivity index (χ2n) is 5.30. The summed E-state index contributed by atoms with van der Waals surface area (Å²) in [6.07, 6.45) is 20.2. The van der Waals surface area contributed by atoms with Gasteiger partial charge >= 0.3 is 0 Å². The van der Waals surface area contributed by atoms with Crippen LogP contribution in [0.15, 0.2) is 61.3 Å². The van der Waals surface area contributed by atoms with Crippen molar-refractivity contribution in [1.29, 1.82) is 0 Å². The van der Waals surface area contributed by atoms with Crippen LogP contribution in [0.1, 0.15) is 46.0 Å². The molecule has 0 rings (SSSR count). The number of allylic oxidation sites excluding steroid dienone is 7. The molecular weight excluding hydrogens is 254 g/mol. The highest BCUT2D eigenvalue weighted by Crippen LogP contribution is 2.21. The van der Waals surface area contributed by atoms with E-state index in [-0.39, 0.29) is 0 Å². The van der Waals surface area contributed by atoms with Crippen LogP contribution < -0.4 is 0 Å². The van der Waals surface area contributed by atoms with Crippen molar-refractivity contribution in [3.8, 4) is 0 Å². The Morgan fingerprint density at radius 2 is 1.86 bits per heavy atom. The highest BCUT2D eigenvalue weighted by Gasteiger charge is 2.16. The van der Waals surface area contributed by atoms with Gasteiger partial charge in [0.1, 0.15) is 0 Å². The molecule has 0 aliphatic heterocycles. The van der Waals surface area contributed by atoms with Crippen molar-refractivity contribution in [3.63, 3.8) is 0 Å². The van der Waals surface area contributed by atoms with Crippen LogP contribution in [0.2, 0.25) is 0 Å². The monoisotopic (exact) mass is 287 g/mol. The first-order chi connectivity index (χ1) is 10.2. The second-order valence-corrected chi connectivity index (χ2v) is 5.30. The summed E-state index contributed by atoms with van der Waals surface area (Å²) in [6, 6.07) is 0.521. The zero-order valence-corrected chi connectivity index (χ0v) is 14.2. The van der Waals surface area contributed by atoms with E-state index in [1.54, 1.807) is 6.08 Å². The topological polar surface area (TPSA) is 3.24 Å². The molecule has 0 aliphatic rings. The molecule has 0 bridgehead atoms. The molecule has 0 spiro atoms. The number of unbranched alkanes of at least 4 members (excludes halogenated alkanes) is 1. The first-order valence-electron chi connectivity index (χ1n) is 8.17. The Balaban J connectivity index is 4.71. The van der Waals surface area contributed by atoms with Gasteiger partial charge in [-0.1, -0.05) is 81.5 Å². The molecule has 0 N–H and O–H groups in total. The Kier molecular flexibility index (Phi) is 12.8. The predicted octanol–water partition coefficient (Wildman–Crippen LogP) is 5.69. The van der Waals surface area contributed by atoms with Crippen molar-refractivity contribution < 1.29 is 0 Å². The first kappa shape index (κ1) is 19.7. The molecule has 0 radical (unpaired) electrons. The van der Waals surface area contributed by atoms with Crippen molar-refractivity contribution in [2.75, 3.05) is 13.6 Å². The SMILES string of the molecule is C=C/C=C\C=C/CCC(/C(=C\C=C)CCCC)N(C)CC.